The van der Waals surface area contributed by atoms with Crippen LogP contribution >= 0.6 is 11.8 Å². The van der Waals surface area contributed by atoms with Gasteiger partial charge in [-0.15, -0.1) is 11.8 Å². The zero-order valence-corrected chi connectivity index (χ0v) is 12.2. The number of carbonyl (C=O) groups excluding carboxylic acids is 2. The molecule has 0 saturated carbocycles. The molecule has 5 nitrogen and oxygen atoms in total. The summed E-state index contributed by atoms with van der Waals surface area (Å²) in [5.74, 6) is 0.203. The third-order valence-corrected chi connectivity index (χ3v) is 3.40. The third-order valence-electron chi connectivity index (χ3n) is 2.39. The Morgan fingerprint density at radius 2 is 2.00 bits per heavy atom. The number of thioether (sulfide) groups is 1. The highest BCUT2D eigenvalue weighted by molar-refractivity contribution is 8.00. The van der Waals surface area contributed by atoms with Gasteiger partial charge in [0.1, 0.15) is 5.75 Å². The molecule has 1 rings (SSSR count). The van der Waals surface area contributed by atoms with E-state index in [2.05, 4.69) is 5.32 Å². The number of carbonyl (C=O) groups is 2. The van der Waals surface area contributed by atoms with Crippen LogP contribution in [0, 0.1) is 0 Å². The van der Waals surface area contributed by atoms with Gasteiger partial charge in [0, 0.05) is 17.9 Å². The van der Waals surface area contributed by atoms with E-state index in [0.29, 0.717) is 31.7 Å². The van der Waals surface area contributed by atoms with Crippen molar-refractivity contribution < 1.29 is 19.4 Å². The van der Waals surface area contributed by atoms with Gasteiger partial charge in [0.2, 0.25) is 5.91 Å². The number of nitrogens with one attached hydrogen (secondary N) is 1. The molecule has 0 aliphatic rings. The molecule has 1 amide bonds. The lowest BCUT2D eigenvalue weighted by molar-refractivity contribution is -0.143. The number of hydrogen-bond donors (Lipinski definition) is 2. The van der Waals surface area contributed by atoms with Crippen LogP contribution in [0.15, 0.2) is 29.2 Å². The second-order valence-electron chi connectivity index (χ2n) is 4.04. The number of phenols is 1. The van der Waals surface area contributed by atoms with Crippen molar-refractivity contribution in [3.05, 3.63) is 24.3 Å². The molecule has 0 radical (unpaired) electrons. The Morgan fingerprint density at radius 3 is 2.65 bits per heavy atom. The molecule has 2 N–H and O–H groups in total. The fourth-order valence-electron chi connectivity index (χ4n) is 1.44. The van der Waals surface area contributed by atoms with Gasteiger partial charge in [-0.1, -0.05) is 0 Å². The van der Waals surface area contributed by atoms with E-state index in [1.807, 2.05) is 0 Å². The topological polar surface area (TPSA) is 75.6 Å². The number of amides is 1. The molecule has 0 aromatic heterocycles. The van der Waals surface area contributed by atoms with E-state index in [0.717, 1.165) is 4.90 Å². The van der Waals surface area contributed by atoms with Crippen LogP contribution in [-0.2, 0) is 14.3 Å². The molecule has 0 spiro atoms. The summed E-state index contributed by atoms with van der Waals surface area (Å²) in [6, 6.07) is 6.68. The minimum Gasteiger partial charge on any atom is -0.508 e. The van der Waals surface area contributed by atoms with Gasteiger partial charge in [-0.2, -0.15) is 0 Å². The third kappa shape index (κ3) is 7.04. The Hall–Kier alpha value is -1.69. The van der Waals surface area contributed by atoms with Crippen LogP contribution < -0.4 is 5.32 Å². The van der Waals surface area contributed by atoms with Crippen LogP contribution in [0.25, 0.3) is 0 Å². The van der Waals surface area contributed by atoms with Gasteiger partial charge in [-0.05, 0) is 37.6 Å². The normalized spacial score (nSPS) is 10.1. The van der Waals surface area contributed by atoms with E-state index in [1.54, 1.807) is 31.2 Å². The average molecular weight is 297 g/mol. The maximum atomic E-state index is 11.6. The highest BCUT2D eigenvalue weighted by atomic mass is 32.2. The fraction of sp³-hybridized carbons (Fsp3) is 0.429. The maximum absolute atomic E-state index is 11.6. The molecular weight excluding hydrogens is 278 g/mol. The first-order chi connectivity index (χ1) is 9.61. The maximum Gasteiger partial charge on any atom is 0.305 e. The Kier molecular flexibility index (Phi) is 7.57. The number of benzene rings is 1. The summed E-state index contributed by atoms with van der Waals surface area (Å²) in [6.45, 7) is 2.61. The standard InChI is InChI=1S/C14H19NO4S/c1-2-19-14(18)4-3-9-15-13(17)10-20-12-7-5-11(16)6-8-12/h5-8,16H,2-4,9-10H2,1H3,(H,15,17). The summed E-state index contributed by atoms with van der Waals surface area (Å²) in [5.41, 5.74) is 0. The molecule has 1 aromatic carbocycles. The molecule has 6 heteroatoms. The summed E-state index contributed by atoms with van der Waals surface area (Å²) >= 11 is 1.39. The van der Waals surface area contributed by atoms with Crippen LogP contribution in [0.1, 0.15) is 19.8 Å². The van der Waals surface area contributed by atoms with E-state index >= 15 is 0 Å². The molecule has 110 valence electrons. The van der Waals surface area contributed by atoms with Gasteiger partial charge in [0.15, 0.2) is 0 Å². The van der Waals surface area contributed by atoms with E-state index in [1.165, 1.54) is 11.8 Å². The number of aromatic hydroxyl groups is 1. The van der Waals surface area contributed by atoms with Gasteiger partial charge in [0.25, 0.3) is 0 Å². The highest BCUT2D eigenvalue weighted by Gasteiger charge is 2.04. The number of rotatable bonds is 8. The Labute approximate surface area is 122 Å². The van der Waals surface area contributed by atoms with Crippen LogP contribution in [0.2, 0.25) is 0 Å². The van der Waals surface area contributed by atoms with Crippen LogP contribution in [-0.4, -0.2) is 35.9 Å². The summed E-state index contributed by atoms with van der Waals surface area (Å²) in [4.78, 5) is 23.5. The van der Waals surface area contributed by atoms with Crippen molar-refractivity contribution in [2.45, 2.75) is 24.7 Å². The molecule has 0 saturated heterocycles. The first-order valence-corrected chi connectivity index (χ1v) is 7.44. The van der Waals surface area contributed by atoms with Gasteiger partial charge in [0.05, 0.1) is 12.4 Å². The molecule has 0 atom stereocenters. The zero-order chi connectivity index (χ0) is 14.8. The van der Waals surface area contributed by atoms with E-state index in [9.17, 15) is 9.59 Å². The predicted octanol–water partition coefficient (Wildman–Crippen LogP) is 1.94. The fourth-order valence-corrected chi connectivity index (χ4v) is 2.16. The number of hydrogen-bond acceptors (Lipinski definition) is 5. The summed E-state index contributed by atoms with van der Waals surface area (Å²) < 4.78 is 4.79. The minimum atomic E-state index is -0.236. The monoisotopic (exact) mass is 297 g/mol. The van der Waals surface area contributed by atoms with E-state index in [4.69, 9.17) is 9.84 Å². The predicted molar refractivity (Wildman–Crippen MR) is 77.7 cm³/mol. The van der Waals surface area contributed by atoms with Gasteiger partial charge >= 0.3 is 5.97 Å². The number of esters is 1. The highest BCUT2D eigenvalue weighted by Crippen LogP contribution is 2.20. The van der Waals surface area contributed by atoms with Crippen molar-refractivity contribution in [1.82, 2.24) is 5.32 Å². The summed E-state index contributed by atoms with van der Waals surface area (Å²) in [6.07, 6.45) is 0.897. The Balaban J connectivity index is 2.11. The second kappa shape index (κ2) is 9.25. The first kappa shape index (κ1) is 16.4. The van der Waals surface area contributed by atoms with Crippen molar-refractivity contribution in [2.24, 2.45) is 0 Å². The first-order valence-electron chi connectivity index (χ1n) is 6.46. The van der Waals surface area contributed by atoms with Crippen LogP contribution in [0.3, 0.4) is 0 Å². The van der Waals surface area contributed by atoms with Crippen molar-refractivity contribution in [3.63, 3.8) is 0 Å². The second-order valence-corrected chi connectivity index (χ2v) is 5.09. The molecule has 0 heterocycles. The van der Waals surface area contributed by atoms with Gasteiger partial charge < -0.3 is 15.2 Å². The Morgan fingerprint density at radius 1 is 1.30 bits per heavy atom. The van der Waals surface area contributed by atoms with E-state index in [-0.39, 0.29) is 17.6 Å². The van der Waals surface area contributed by atoms with Crippen molar-refractivity contribution in [1.29, 1.82) is 0 Å². The molecule has 0 aliphatic heterocycles. The molecule has 20 heavy (non-hydrogen) atoms. The number of ether oxygens (including phenoxy) is 1. The molecular formula is C14H19NO4S. The van der Waals surface area contributed by atoms with Crippen molar-refractivity contribution >= 4 is 23.6 Å². The van der Waals surface area contributed by atoms with Crippen molar-refractivity contribution in [3.8, 4) is 5.75 Å². The molecule has 0 fully saturated rings. The summed E-state index contributed by atoms with van der Waals surface area (Å²) in [5, 5.41) is 11.9. The lowest BCUT2D eigenvalue weighted by Gasteiger charge is -2.05. The average Bonchev–Trinajstić information content (AvgIpc) is 2.43. The zero-order valence-electron chi connectivity index (χ0n) is 11.4. The lowest BCUT2D eigenvalue weighted by Crippen LogP contribution is -2.26. The summed E-state index contributed by atoms with van der Waals surface area (Å²) in [7, 11) is 0. The van der Waals surface area contributed by atoms with Gasteiger partial charge in [-0.25, -0.2) is 0 Å². The molecule has 0 unspecified atom stereocenters. The quantitative estimate of drug-likeness (QED) is 0.436. The number of phenolic OH excluding ortho intramolecular Hbond substituents is 1. The van der Waals surface area contributed by atoms with E-state index < -0.39 is 0 Å². The van der Waals surface area contributed by atoms with Crippen LogP contribution in [0.4, 0.5) is 0 Å². The Bertz CT molecular complexity index is 433. The molecule has 0 bridgehead atoms. The molecule has 0 aliphatic carbocycles. The minimum absolute atomic E-state index is 0.0769. The molecule has 1 aromatic rings. The smallest absolute Gasteiger partial charge is 0.305 e. The lowest BCUT2D eigenvalue weighted by atomic mass is 10.3. The SMILES string of the molecule is CCOC(=O)CCCNC(=O)CSc1ccc(O)cc1. The van der Waals surface area contributed by atoms with Crippen molar-refractivity contribution in [2.75, 3.05) is 18.9 Å². The largest absolute Gasteiger partial charge is 0.508 e. The van der Waals surface area contributed by atoms with Gasteiger partial charge in [-0.3, -0.25) is 9.59 Å². The van der Waals surface area contributed by atoms with Crippen LogP contribution in [0.5, 0.6) is 5.75 Å².